The summed E-state index contributed by atoms with van der Waals surface area (Å²) in [5.41, 5.74) is 0. The number of hydrogen-bond donors (Lipinski definition) is 0. The highest BCUT2D eigenvalue weighted by Crippen LogP contribution is 2.18. The number of rotatable bonds is 5. The van der Waals surface area contributed by atoms with Gasteiger partial charge in [-0.25, -0.2) is 19.6 Å². The molecule has 0 radical (unpaired) electrons. The minimum Gasteiger partial charge on any atom is -0.484 e. The van der Waals surface area contributed by atoms with Crippen molar-refractivity contribution in [3.05, 3.63) is 54.3 Å². The Morgan fingerprint density at radius 3 is 2.64 bits per heavy atom. The third kappa shape index (κ3) is 4.20. The molecule has 2 aromatic heterocycles. The van der Waals surface area contributed by atoms with Crippen LogP contribution in [0.4, 0.5) is 5.82 Å². The van der Waals surface area contributed by atoms with E-state index in [1.165, 1.54) is 12.7 Å². The Kier molecular flexibility index (Phi) is 5.34. The molecule has 1 aromatic carbocycles. The lowest BCUT2D eigenvalue weighted by Crippen LogP contribution is -2.50. The summed E-state index contributed by atoms with van der Waals surface area (Å²) in [5.74, 6) is 1.98. The fraction of sp³-hybridized carbons (Fsp3) is 0.278. The second kappa shape index (κ2) is 8.22. The number of piperazine rings is 1. The molecular weight excluding hydrogens is 382 g/mol. The van der Waals surface area contributed by atoms with E-state index in [1.54, 1.807) is 40.2 Å². The van der Waals surface area contributed by atoms with Crippen LogP contribution in [-0.2, 0) is 4.79 Å². The smallest absolute Gasteiger partial charge is 0.260 e. The monoisotopic (exact) mass is 399 g/mol. The molecule has 0 atom stereocenters. The molecule has 10 heteroatoms. The van der Waals surface area contributed by atoms with E-state index in [0.29, 0.717) is 42.8 Å². The summed E-state index contributed by atoms with van der Waals surface area (Å²) in [7, 11) is 0. The van der Waals surface area contributed by atoms with Crippen molar-refractivity contribution in [1.29, 1.82) is 0 Å². The molecule has 1 saturated heterocycles. The van der Waals surface area contributed by atoms with Crippen molar-refractivity contribution in [2.24, 2.45) is 0 Å². The number of ether oxygens (including phenoxy) is 1. The Morgan fingerprint density at radius 2 is 1.89 bits per heavy atom. The molecule has 0 spiro atoms. The predicted octanol–water partition coefficient (Wildman–Crippen LogP) is 1.44. The van der Waals surface area contributed by atoms with E-state index < -0.39 is 0 Å². The van der Waals surface area contributed by atoms with Gasteiger partial charge in [-0.15, -0.1) is 0 Å². The maximum Gasteiger partial charge on any atom is 0.260 e. The molecule has 0 saturated carbocycles. The van der Waals surface area contributed by atoms with E-state index in [4.69, 9.17) is 16.3 Å². The molecule has 28 heavy (non-hydrogen) atoms. The minimum absolute atomic E-state index is 0.00963. The van der Waals surface area contributed by atoms with Crippen molar-refractivity contribution in [1.82, 2.24) is 29.6 Å². The number of carbonyl (C=O) groups is 1. The van der Waals surface area contributed by atoms with Crippen LogP contribution >= 0.6 is 11.6 Å². The molecule has 1 aliphatic rings. The lowest BCUT2D eigenvalue weighted by atomic mass is 10.3. The highest BCUT2D eigenvalue weighted by molar-refractivity contribution is 6.30. The first-order valence-electron chi connectivity index (χ1n) is 8.77. The number of nitrogens with zero attached hydrogens (tertiary/aromatic N) is 7. The Labute approximate surface area is 166 Å². The van der Waals surface area contributed by atoms with E-state index in [2.05, 4.69) is 25.0 Å². The molecule has 0 bridgehead atoms. The molecule has 4 rings (SSSR count). The maximum atomic E-state index is 12.4. The zero-order valence-electron chi connectivity index (χ0n) is 15.0. The molecule has 1 fully saturated rings. The Hall–Kier alpha value is -3.20. The Bertz CT molecular complexity index is 943. The van der Waals surface area contributed by atoms with Crippen molar-refractivity contribution in [3.8, 4) is 11.6 Å². The lowest BCUT2D eigenvalue weighted by molar-refractivity contribution is -0.133. The Balaban J connectivity index is 1.32. The Morgan fingerprint density at radius 1 is 1.07 bits per heavy atom. The predicted molar refractivity (Wildman–Crippen MR) is 103 cm³/mol. The number of halogens is 1. The summed E-state index contributed by atoms with van der Waals surface area (Å²) in [5, 5.41) is 4.66. The number of hydrogen-bond acceptors (Lipinski definition) is 7. The van der Waals surface area contributed by atoms with Gasteiger partial charge in [0.2, 0.25) is 0 Å². The zero-order chi connectivity index (χ0) is 19.3. The molecule has 0 unspecified atom stereocenters. The van der Waals surface area contributed by atoms with Gasteiger partial charge in [0.05, 0.1) is 0 Å². The summed E-state index contributed by atoms with van der Waals surface area (Å²) < 4.78 is 7.13. The summed E-state index contributed by atoms with van der Waals surface area (Å²) >= 11 is 5.93. The summed E-state index contributed by atoms with van der Waals surface area (Å²) in [6.45, 7) is 2.54. The number of anilines is 1. The summed E-state index contributed by atoms with van der Waals surface area (Å²) in [6.07, 6.45) is 4.54. The van der Waals surface area contributed by atoms with E-state index in [9.17, 15) is 4.79 Å². The van der Waals surface area contributed by atoms with Gasteiger partial charge in [0.1, 0.15) is 30.5 Å². The van der Waals surface area contributed by atoms with Crippen LogP contribution in [0.2, 0.25) is 5.02 Å². The van der Waals surface area contributed by atoms with Crippen LogP contribution in [-0.4, -0.2) is 68.3 Å². The molecule has 0 N–H and O–H groups in total. The van der Waals surface area contributed by atoms with Gasteiger partial charge in [-0.05, 0) is 18.2 Å². The fourth-order valence-corrected chi connectivity index (χ4v) is 3.12. The first kappa shape index (κ1) is 18.2. The number of aromatic nitrogens is 5. The molecule has 1 aliphatic heterocycles. The van der Waals surface area contributed by atoms with Gasteiger partial charge in [-0.3, -0.25) is 4.79 Å². The first-order chi connectivity index (χ1) is 13.7. The van der Waals surface area contributed by atoms with Gasteiger partial charge in [0.25, 0.3) is 5.91 Å². The molecule has 1 amide bonds. The van der Waals surface area contributed by atoms with Crippen LogP contribution in [0.15, 0.2) is 49.3 Å². The van der Waals surface area contributed by atoms with Gasteiger partial charge in [-0.2, -0.15) is 5.10 Å². The average Bonchev–Trinajstić information content (AvgIpc) is 3.27. The third-order valence-corrected chi connectivity index (χ3v) is 4.64. The quantitative estimate of drug-likeness (QED) is 0.641. The second-order valence-electron chi connectivity index (χ2n) is 6.19. The van der Waals surface area contributed by atoms with Crippen molar-refractivity contribution in [2.45, 2.75) is 0 Å². The van der Waals surface area contributed by atoms with Crippen molar-refractivity contribution in [2.75, 3.05) is 37.7 Å². The van der Waals surface area contributed by atoms with Crippen LogP contribution < -0.4 is 9.64 Å². The highest BCUT2D eigenvalue weighted by Gasteiger charge is 2.22. The van der Waals surface area contributed by atoms with Gasteiger partial charge in [0.15, 0.2) is 12.4 Å². The number of benzene rings is 1. The van der Waals surface area contributed by atoms with Crippen LogP contribution in [0.3, 0.4) is 0 Å². The highest BCUT2D eigenvalue weighted by atomic mass is 35.5. The van der Waals surface area contributed by atoms with Crippen LogP contribution in [0.1, 0.15) is 0 Å². The molecule has 9 nitrogen and oxygen atoms in total. The topological polar surface area (TPSA) is 89.3 Å². The largest absolute Gasteiger partial charge is 0.484 e. The normalized spacial score (nSPS) is 14.2. The van der Waals surface area contributed by atoms with Crippen LogP contribution in [0.5, 0.6) is 5.75 Å². The minimum atomic E-state index is -0.0504. The first-order valence-corrected chi connectivity index (χ1v) is 9.15. The van der Waals surface area contributed by atoms with Gasteiger partial charge in [0, 0.05) is 37.3 Å². The molecule has 0 aliphatic carbocycles. The lowest BCUT2D eigenvalue weighted by Gasteiger charge is -2.35. The van der Waals surface area contributed by atoms with Crippen LogP contribution in [0.25, 0.3) is 5.82 Å². The molecule has 144 valence electrons. The summed E-state index contributed by atoms with van der Waals surface area (Å²) in [6, 6.07) is 8.87. The van der Waals surface area contributed by atoms with Crippen molar-refractivity contribution >= 4 is 23.3 Å². The standard InChI is InChI=1S/C18H18ClN7O2/c19-14-2-1-3-15(8-14)28-10-18(27)25-6-4-24(5-7-25)16-9-17(22-12-21-16)26-13-20-11-23-26/h1-3,8-9,11-13H,4-7,10H2. The van der Waals surface area contributed by atoms with Gasteiger partial charge in [-0.1, -0.05) is 17.7 Å². The molecule has 3 heterocycles. The fourth-order valence-electron chi connectivity index (χ4n) is 2.94. The van der Waals surface area contributed by atoms with E-state index >= 15 is 0 Å². The SMILES string of the molecule is O=C(COc1cccc(Cl)c1)N1CCN(c2cc(-n3cncn3)ncn2)CC1. The van der Waals surface area contributed by atoms with Gasteiger partial charge < -0.3 is 14.5 Å². The van der Waals surface area contributed by atoms with E-state index in [-0.39, 0.29) is 12.5 Å². The average molecular weight is 400 g/mol. The van der Waals surface area contributed by atoms with E-state index in [1.807, 2.05) is 6.07 Å². The molecule has 3 aromatic rings. The number of amides is 1. The second-order valence-corrected chi connectivity index (χ2v) is 6.62. The number of carbonyl (C=O) groups excluding carboxylic acids is 1. The zero-order valence-corrected chi connectivity index (χ0v) is 15.7. The molecular formula is C18H18ClN7O2. The van der Waals surface area contributed by atoms with Crippen molar-refractivity contribution < 1.29 is 9.53 Å². The van der Waals surface area contributed by atoms with Gasteiger partial charge >= 0.3 is 0 Å². The van der Waals surface area contributed by atoms with E-state index in [0.717, 1.165) is 5.82 Å². The third-order valence-electron chi connectivity index (χ3n) is 4.41. The summed E-state index contributed by atoms with van der Waals surface area (Å²) in [4.78, 5) is 28.8. The van der Waals surface area contributed by atoms with Crippen molar-refractivity contribution in [3.63, 3.8) is 0 Å². The maximum absolute atomic E-state index is 12.4. The van der Waals surface area contributed by atoms with Crippen LogP contribution in [0, 0.1) is 0 Å².